The van der Waals surface area contributed by atoms with E-state index in [1.165, 1.54) is 0 Å². The molecule has 0 aliphatic carbocycles. The molecule has 0 bridgehead atoms. The van der Waals surface area contributed by atoms with E-state index in [4.69, 9.17) is 14.2 Å². The second-order valence-electron chi connectivity index (χ2n) is 6.51. The van der Waals surface area contributed by atoms with Gasteiger partial charge in [-0.3, -0.25) is 9.69 Å². The number of anilines is 1. The van der Waals surface area contributed by atoms with Crippen molar-refractivity contribution in [1.29, 1.82) is 0 Å². The van der Waals surface area contributed by atoms with Gasteiger partial charge in [-0.2, -0.15) is 0 Å². The number of carbonyl (C=O) groups is 2. The number of esters is 1. The minimum atomic E-state index is -0.385. The number of nitrogens with zero attached hydrogens (tertiary/aromatic N) is 1. The van der Waals surface area contributed by atoms with E-state index < -0.39 is 0 Å². The highest BCUT2D eigenvalue weighted by Gasteiger charge is 2.43. The van der Waals surface area contributed by atoms with Gasteiger partial charge in [0.15, 0.2) is 11.5 Å². The molecule has 0 radical (unpaired) electrons. The van der Waals surface area contributed by atoms with Gasteiger partial charge < -0.3 is 14.2 Å². The maximum absolute atomic E-state index is 13.0. The summed E-state index contributed by atoms with van der Waals surface area (Å²) < 4.78 is 16.9. The topological polar surface area (TPSA) is 65.1 Å². The number of amides is 1. The third-order valence-electron chi connectivity index (χ3n) is 5.01. The Morgan fingerprint density at radius 2 is 1.75 bits per heavy atom. The smallest absolute Gasteiger partial charge is 0.336 e. The predicted molar refractivity (Wildman–Crippen MR) is 107 cm³/mol. The zero-order valence-corrected chi connectivity index (χ0v) is 17.0. The molecule has 0 N–H and O–H groups in total. The van der Waals surface area contributed by atoms with E-state index in [9.17, 15) is 9.59 Å². The van der Waals surface area contributed by atoms with Crippen LogP contribution in [0.25, 0.3) is 0 Å². The minimum absolute atomic E-state index is 0.0831. The Balaban J connectivity index is 1.80. The average Bonchev–Trinajstić information content (AvgIpc) is 3.09. The molecule has 4 rings (SSSR count). The van der Waals surface area contributed by atoms with E-state index in [0.717, 1.165) is 10.0 Å². The van der Waals surface area contributed by atoms with Crippen LogP contribution >= 0.6 is 15.9 Å². The van der Waals surface area contributed by atoms with Crippen molar-refractivity contribution in [3.8, 4) is 11.5 Å². The van der Waals surface area contributed by atoms with Crippen LogP contribution in [-0.4, -0.2) is 32.7 Å². The van der Waals surface area contributed by atoms with Crippen LogP contribution in [0.5, 0.6) is 11.5 Å². The Morgan fingerprint density at radius 1 is 1.04 bits per heavy atom. The van der Waals surface area contributed by atoms with E-state index >= 15 is 0 Å². The molecule has 1 atom stereocenters. The van der Waals surface area contributed by atoms with Gasteiger partial charge in [-0.1, -0.05) is 22.0 Å². The lowest BCUT2D eigenvalue weighted by molar-refractivity contribution is -0.136. The maximum Gasteiger partial charge on any atom is 0.336 e. The van der Waals surface area contributed by atoms with Gasteiger partial charge in [0.25, 0.3) is 0 Å². The van der Waals surface area contributed by atoms with Crippen LogP contribution in [0.15, 0.2) is 58.2 Å². The van der Waals surface area contributed by atoms with Crippen LogP contribution in [0, 0.1) is 0 Å². The molecule has 0 fully saturated rings. The molecule has 144 valence electrons. The van der Waals surface area contributed by atoms with Crippen LogP contribution in [0.1, 0.15) is 17.9 Å². The molecule has 2 aromatic rings. The lowest BCUT2D eigenvalue weighted by Crippen LogP contribution is -2.37. The van der Waals surface area contributed by atoms with Crippen molar-refractivity contribution in [2.75, 3.05) is 25.7 Å². The fourth-order valence-electron chi connectivity index (χ4n) is 3.70. The first kappa shape index (κ1) is 18.6. The number of hydrogen-bond acceptors (Lipinski definition) is 5. The van der Waals surface area contributed by atoms with Gasteiger partial charge in [-0.05, 0) is 42.0 Å². The quantitative estimate of drug-likeness (QED) is 0.672. The van der Waals surface area contributed by atoms with Crippen molar-refractivity contribution in [2.24, 2.45) is 0 Å². The Hall–Kier alpha value is -2.80. The molecule has 2 heterocycles. The summed E-state index contributed by atoms with van der Waals surface area (Å²) in [6.45, 7) is 0.0831. The van der Waals surface area contributed by atoms with Crippen LogP contribution in [0.2, 0.25) is 0 Å². The highest BCUT2D eigenvalue weighted by atomic mass is 79.9. The predicted octanol–water partition coefficient (Wildman–Crippen LogP) is 3.80. The number of halogens is 1. The largest absolute Gasteiger partial charge is 0.493 e. The number of cyclic esters (lactones) is 1. The average molecular weight is 444 g/mol. The summed E-state index contributed by atoms with van der Waals surface area (Å²) in [5.74, 6) is 0.289. The second kappa shape index (κ2) is 7.31. The molecule has 6 nitrogen and oxygen atoms in total. The minimum Gasteiger partial charge on any atom is -0.493 e. The molecular formula is C21H18BrNO5. The summed E-state index contributed by atoms with van der Waals surface area (Å²) in [7, 11) is 3.12. The third kappa shape index (κ3) is 3.05. The fraction of sp³-hybridized carbons (Fsp3) is 0.238. The van der Waals surface area contributed by atoms with Crippen molar-refractivity contribution >= 4 is 33.5 Å². The summed E-state index contributed by atoms with van der Waals surface area (Å²) in [6, 6.07) is 12.8. The maximum atomic E-state index is 13.0. The molecule has 7 heteroatoms. The van der Waals surface area contributed by atoms with Gasteiger partial charge in [0, 0.05) is 22.5 Å². The van der Waals surface area contributed by atoms with Crippen molar-refractivity contribution in [3.05, 3.63) is 63.8 Å². The van der Waals surface area contributed by atoms with Crippen molar-refractivity contribution in [2.45, 2.75) is 12.3 Å². The van der Waals surface area contributed by atoms with Crippen molar-refractivity contribution in [1.82, 2.24) is 0 Å². The first-order valence-corrected chi connectivity index (χ1v) is 9.53. The lowest BCUT2D eigenvalue weighted by atomic mass is 9.84. The monoisotopic (exact) mass is 443 g/mol. The Bertz CT molecular complexity index is 983. The van der Waals surface area contributed by atoms with Gasteiger partial charge in [0.05, 0.1) is 25.5 Å². The van der Waals surface area contributed by atoms with Gasteiger partial charge in [0.1, 0.15) is 6.61 Å². The molecule has 0 saturated heterocycles. The number of hydrogen-bond donors (Lipinski definition) is 0. The van der Waals surface area contributed by atoms with Crippen molar-refractivity contribution < 1.29 is 23.8 Å². The molecule has 1 amide bonds. The Labute approximate surface area is 170 Å². The molecule has 0 aromatic heterocycles. The lowest BCUT2D eigenvalue weighted by Gasteiger charge is -2.32. The second-order valence-corrected chi connectivity index (χ2v) is 7.43. The van der Waals surface area contributed by atoms with E-state index in [1.807, 2.05) is 36.4 Å². The number of carbonyl (C=O) groups excluding carboxylic acids is 2. The van der Waals surface area contributed by atoms with E-state index in [1.54, 1.807) is 25.2 Å². The summed E-state index contributed by atoms with van der Waals surface area (Å²) in [5.41, 5.74) is 2.65. The highest BCUT2D eigenvalue weighted by Crippen LogP contribution is 2.43. The van der Waals surface area contributed by atoms with Crippen LogP contribution in [0.4, 0.5) is 5.69 Å². The van der Waals surface area contributed by atoms with Crippen LogP contribution in [0.3, 0.4) is 0 Å². The van der Waals surface area contributed by atoms with Crippen LogP contribution in [-0.2, 0) is 14.3 Å². The highest BCUT2D eigenvalue weighted by molar-refractivity contribution is 9.10. The van der Waals surface area contributed by atoms with E-state index in [-0.39, 0.29) is 30.8 Å². The van der Waals surface area contributed by atoms with E-state index in [2.05, 4.69) is 15.9 Å². The number of ether oxygens (including phenoxy) is 3. The fourth-order valence-corrected chi connectivity index (χ4v) is 3.96. The zero-order valence-electron chi connectivity index (χ0n) is 15.4. The molecule has 2 aliphatic heterocycles. The molecule has 0 saturated carbocycles. The zero-order chi connectivity index (χ0) is 19.8. The Morgan fingerprint density at radius 3 is 2.43 bits per heavy atom. The molecule has 2 aromatic carbocycles. The van der Waals surface area contributed by atoms with Crippen molar-refractivity contribution in [3.63, 3.8) is 0 Å². The first-order chi connectivity index (χ1) is 13.5. The Kier molecular flexibility index (Phi) is 4.85. The van der Waals surface area contributed by atoms with Crippen LogP contribution < -0.4 is 14.4 Å². The summed E-state index contributed by atoms with van der Waals surface area (Å²) >= 11 is 3.40. The summed E-state index contributed by atoms with van der Waals surface area (Å²) in [4.78, 5) is 27.2. The van der Waals surface area contributed by atoms with Gasteiger partial charge in [0.2, 0.25) is 5.91 Å². The normalized spacial score (nSPS) is 18.8. The molecule has 1 unspecified atom stereocenters. The molecule has 2 aliphatic rings. The SMILES string of the molecule is COc1ccc(C2CC(=O)N(c3ccc(Br)cc3)C3=C2C(=O)OC3)cc1OC. The van der Waals surface area contributed by atoms with Gasteiger partial charge in [-0.15, -0.1) is 0 Å². The van der Waals surface area contributed by atoms with Gasteiger partial charge >= 0.3 is 5.97 Å². The molecular weight excluding hydrogens is 426 g/mol. The number of methoxy groups -OCH3 is 2. The number of benzene rings is 2. The third-order valence-corrected chi connectivity index (χ3v) is 5.54. The standard InChI is InChI=1S/C21H18BrNO5/c1-26-17-8-3-12(9-18(17)27-2)15-10-19(24)23(14-6-4-13(22)5-7-14)16-11-28-21(25)20(15)16/h3-9,15H,10-11H2,1-2H3. The summed E-state index contributed by atoms with van der Waals surface area (Å²) in [6.07, 6.45) is 0.166. The first-order valence-electron chi connectivity index (χ1n) is 8.74. The molecule has 0 spiro atoms. The number of rotatable bonds is 4. The molecule has 28 heavy (non-hydrogen) atoms. The summed E-state index contributed by atoms with van der Waals surface area (Å²) in [5, 5.41) is 0. The van der Waals surface area contributed by atoms with E-state index in [0.29, 0.717) is 28.5 Å². The van der Waals surface area contributed by atoms with Gasteiger partial charge in [-0.25, -0.2) is 4.79 Å².